The van der Waals surface area contributed by atoms with Crippen molar-refractivity contribution in [3.63, 3.8) is 0 Å². The van der Waals surface area contributed by atoms with Gasteiger partial charge < -0.3 is 25.5 Å². The van der Waals surface area contributed by atoms with E-state index in [-0.39, 0.29) is 40.1 Å². The predicted molar refractivity (Wildman–Crippen MR) is 96.6 cm³/mol. The van der Waals surface area contributed by atoms with Crippen molar-refractivity contribution in [2.75, 3.05) is 0 Å². The van der Waals surface area contributed by atoms with Crippen molar-refractivity contribution < 1.29 is 30.3 Å². The number of rotatable bonds is 2. The lowest BCUT2D eigenvalue weighted by atomic mass is 9.81. The Hall–Kier alpha value is -3.67. The van der Waals surface area contributed by atoms with E-state index in [9.17, 15) is 30.3 Å². The second-order valence-electron chi connectivity index (χ2n) is 6.62. The number of hydrogen-bond donors (Lipinski definition) is 5. The van der Waals surface area contributed by atoms with Crippen LogP contribution in [0.25, 0.3) is 0 Å². The molecular formula is C21H16O6. The first-order valence-electron chi connectivity index (χ1n) is 8.27. The second kappa shape index (κ2) is 5.95. The van der Waals surface area contributed by atoms with E-state index in [1.54, 1.807) is 12.1 Å². The first-order chi connectivity index (χ1) is 12.8. The Labute approximate surface area is 154 Å². The summed E-state index contributed by atoms with van der Waals surface area (Å²) in [6.45, 7) is 0. The topological polar surface area (TPSA) is 118 Å². The Kier molecular flexibility index (Phi) is 3.70. The molecule has 1 aliphatic carbocycles. The lowest BCUT2D eigenvalue weighted by molar-refractivity contribution is 0.0967. The molecule has 6 nitrogen and oxygen atoms in total. The molecule has 5 N–H and O–H groups in total. The molecule has 0 aromatic heterocycles. The molecule has 136 valence electrons. The maximum atomic E-state index is 13.1. The van der Waals surface area contributed by atoms with Crippen molar-refractivity contribution in [1.29, 1.82) is 0 Å². The van der Waals surface area contributed by atoms with E-state index in [0.29, 0.717) is 16.7 Å². The molecule has 4 rings (SSSR count). The van der Waals surface area contributed by atoms with Gasteiger partial charge in [-0.1, -0.05) is 12.1 Å². The molecule has 0 radical (unpaired) electrons. The zero-order valence-corrected chi connectivity index (χ0v) is 14.0. The minimum Gasteiger partial charge on any atom is -0.508 e. The van der Waals surface area contributed by atoms with Gasteiger partial charge in [0.2, 0.25) is 0 Å². The molecule has 27 heavy (non-hydrogen) atoms. The number of aromatic hydroxyl groups is 5. The van der Waals surface area contributed by atoms with Gasteiger partial charge in [-0.05, 0) is 41.5 Å². The molecule has 0 unspecified atom stereocenters. The van der Waals surface area contributed by atoms with E-state index in [2.05, 4.69) is 0 Å². The smallest absolute Gasteiger partial charge is 0.171 e. The molecule has 3 aromatic carbocycles. The Balaban J connectivity index is 1.98. The van der Waals surface area contributed by atoms with Gasteiger partial charge in [-0.2, -0.15) is 0 Å². The number of phenolic OH excluding ortho intramolecular Hbond substituents is 5. The first kappa shape index (κ1) is 16.8. The van der Waals surface area contributed by atoms with Crippen molar-refractivity contribution in [2.24, 2.45) is 0 Å². The van der Waals surface area contributed by atoms with Crippen molar-refractivity contribution in [3.05, 3.63) is 76.9 Å². The predicted octanol–water partition coefficient (Wildman–Crippen LogP) is 3.33. The van der Waals surface area contributed by atoms with Gasteiger partial charge in [0.15, 0.2) is 5.78 Å². The highest BCUT2D eigenvalue weighted by Crippen LogP contribution is 2.52. The summed E-state index contributed by atoms with van der Waals surface area (Å²) in [5.41, 5.74) is 1.54. The highest BCUT2D eigenvalue weighted by Gasteiger charge is 2.44. The number of carbonyl (C=O) groups excluding carboxylic acids is 1. The van der Waals surface area contributed by atoms with Gasteiger partial charge in [-0.15, -0.1) is 0 Å². The summed E-state index contributed by atoms with van der Waals surface area (Å²) in [7, 11) is 0. The van der Waals surface area contributed by atoms with Gasteiger partial charge >= 0.3 is 0 Å². The molecule has 6 heteroatoms. The van der Waals surface area contributed by atoms with Crippen molar-refractivity contribution in [3.8, 4) is 28.7 Å². The number of ketones is 1. The van der Waals surface area contributed by atoms with Crippen LogP contribution < -0.4 is 0 Å². The zero-order valence-electron chi connectivity index (χ0n) is 14.0. The van der Waals surface area contributed by atoms with Crippen molar-refractivity contribution >= 4 is 5.78 Å². The number of Topliss-reactive ketones (excluding diaryl/α,β-unsaturated/α-hetero) is 1. The van der Waals surface area contributed by atoms with E-state index in [4.69, 9.17) is 0 Å². The number of phenols is 5. The van der Waals surface area contributed by atoms with E-state index in [1.165, 1.54) is 36.4 Å². The summed E-state index contributed by atoms with van der Waals surface area (Å²) >= 11 is 0. The van der Waals surface area contributed by atoms with Gasteiger partial charge in [0.05, 0.1) is 5.92 Å². The Morgan fingerprint density at radius 2 is 1.19 bits per heavy atom. The quantitative estimate of drug-likeness (QED) is 0.476. The van der Waals surface area contributed by atoms with Crippen LogP contribution in [-0.4, -0.2) is 31.3 Å². The second-order valence-corrected chi connectivity index (χ2v) is 6.62. The first-order valence-corrected chi connectivity index (χ1v) is 8.27. The maximum Gasteiger partial charge on any atom is 0.171 e. The third kappa shape index (κ3) is 2.71. The average Bonchev–Trinajstić information content (AvgIpc) is 2.88. The third-order valence-corrected chi connectivity index (χ3v) is 4.87. The van der Waals surface area contributed by atoms with Crippen LogP contribution in [0.4, 0.5) is 0 Å². The summed E-state index contributed by atoms with van der Waals surface area (Å²) in [6.07, 6.45) is 0. The molecular weight excluding hydrogens is 348 g/mol. The highest BCUT2D eigenvalue weighted by molar-refractivity contribution is 6.08. The maximum absolute atomic E-state index is 13.1. The third-order valence-electron chi connectivity index (χ3n) is 4.87. The van der Waals surface area contributed by atoms with Crippen LogP contribution in [0.2, 0.25) is 0 Å². The SMILES string of the molecule is O=C1c2cc(O)cc(O)c2[C@H](c2cc(O)cc(O)c2)[C@H]1c1ccc(O)cc1. The molecule has 0 bridgehead atoms. The largest absolute Gasteiger partial charge is 0.508 e. The molecule has 0 saturated carbocycles. The lowest BCUT2D eigenvalue weighted by Gasteiger charge is -2.21. The highest BCUT2D eigenvalue weighted by atomic mass is 16.3. The Morgan fingerprint density at radius 3 is 1.81 bits per heavy atom. The van der Waals surface area contributed by atoms with Crippen LogP contribution in [-0.2, 0) is 0 Å². The number of fused-ring (bicyclic) bond motifs is 1. The summed E-state index contributed by atoms with van der Waals surface area (Å²) in [5, 5.41) is 49.6. The fourth-order valence-corrected chi connectivity index (χ4v) is 3.82. The molecule has 0 amide bonds. The van der Waals surface area contributed by atoms with Gasteiger partial charge in [0.25, 0.3) is 0 Å². The van der Waals surface area contributed by atoms with Crippen LogP contribution in [0.3, 0.4) is 0 Å². The molecule has 0 spiro atoms. The average molecular weight is 364 g/mol. The molecule has 0 fully saturated rings. The van der Waals surface area contributed by atoms with E-state index in [0.717, 1.165) is 6.07 Å². The van der Waals surface area contributed by atoms with Crippen LogP contribution in [0, 0.1) is 0 Å². The Morgan fingerprint density at radius 1 is 0.593 bits per heavy atom. The van der Waals surface area contributed by atoms with Gasteiger partial charge in [0.1, 0.15) is 28.7 Å². The molecule has 1 aliphatic rings. The summed E-state index contributed by atoms with van der Waals surface area (Å²) in [4.78, 5) is 13.1. The molecule has 0 heterocycles. The minimum atomic E-state index is -0.755. The fourth-order valence-electron chi connectivity index (χ4n) is 3.82. The summed E-state index contributed by atoms with van der Waals surface area (Å²) < 4.78 is 0. The van der Waals surface area contributed by atoms with E-state index < -0.39 is 11.8 Å². The molecule has 0 saturated heterocycles. The fraction of sp³-hybridized carbons (Fsp3) is 0.0952. The van der Waals surface area contributed by atoms with E-state index in [1.807, 2.05) is 0 Å². The minimum absolute atomic E-state index is 0.0498. The van der Waals surface area contributed by atoms with Crippen LogP contribution in [0.5, 0.6) is 28.7 Å². The molecule has 3 aromatic rings. The summed E-state index contributed by atoms with van der Waals surface area (Å²) in [5.74, 6) is -2.52. The van der Waals surface area contributed by atoms with Gasteiger partial charge in [-0.3, -0.25) is 4.79 Å². The van der Waals surface area contributed by atoms with Crippen LogP contribution in [0.1, 0.15) is 38.9 Å². The normalized spacial score (nSPS) is 18.4. The van der Waals surface area contributed by atoms with Crippen LogP contribution >= 0.6 is 0 Å². The molecule has 0 aliphatic heterocycles. The number of hydrogen-bond acceptors (Lipinski definition) is 6. The van der Waals surface area contributed by atoms with Crippen molar-refractivity contribution in [1.82, 2.24) is 0 Å². The standard InChI is InChI=1S/C21H16O6/c22-12-3-1-10(2-4-12)19-18(11-5-13(23)7-14(24)6-11)20-16(21(19)27)8-15(25)9-17(20)26/h1-9,18-19,22-26H/t18-,19-/m1/s1. The van der Waals surface area contributed by atoms with Gasteiger partial charge in [0, 0.05) is 29.2 Å². The monoisotopic (exact) mass is 364 g/mol. The molecule has 2 atom stereocenters. The Bertz CT molecular complexity index is 1030. The summed E-state index contributed by atoms with van der Waals surface area (Å²) in [6, 6.07) is 12.6. The lowest BCUT2D eigenvalue weighted by Crippen LogP contribution is -2.13. The van der Waals surface area contributed by atoms with Gasteiger partial charge in [-0.25, -0.2) is 0 Å². The van der Waals surface area contributed by atoms with E-state index >= 15 is 0 Å². The van der Waals surface area contributed by atoms with Crippen LogP contribution in [0.15, 0.2) is 54.6 Å². The van der Waals surface area contributed by atoms with Crippen molar-refractivity contribution in [2.45, 2.75) is 11.8 Å². The number of carbonyl (C=O) groups is 1. The number of benzene rings is 3. The zero-order chi connectivity index (χ0) is 19.3.